The Morgan fingerprint density at radius 2 is 2.10 bits per heavy atom. The van der Waals surface area contributed by atoms with Gasteiger partial charge in [-0.1, -0.05) is 18.2 Å². The van der Waals surface area contributed by atoms with E-state index in [1.807, 2.05) is 45.0 Å². The number of hydrogen-bond acceptors (Lipinski definition) is 3. The smallest absolute Gasteiger partial charge is 0.254 e. The average Bonchev–Trinajstić information content (AvgIpc) is 2.81. The molecule has 1 heterocycles. The maximum absolute atomic E-state index is 12.2. The first-order valence-corrected chi connectivity index (χ1v) is 7.07. The van der Waals surface area contributed by atoms with Crippen LogP contribution in [0, 0.1) is 13.8 Å². The van der Waals surface area contributed by atoms with Crippen LogP contribution in [0.25, 0.3) is 5.69 Å². The molecule has 0 radical (unpaired) electrons. The van der Waals surface area contributed by atoms with Crippen LogP contribution in [0.1, 0.15) is 35.0 Å². The second-order valence-corrected chi connectivity index (χ2v) is 5.23. The van der Waals surface area contributed by atoms with Crippen molar-refractivity contribution in [3.8, 4) is 5.69 Å². The third kappa shape index (κ3) is 3.31. The fourth-order valence-electron chi connectivity index (χ4n) is 2.24. The first-order chi connectivity index (χ1) is 10.0. The highest BCUT2D eigenvalue weighted by molar-refractivity contribution is 5.95. The van der Waals surface area contributed by atoms with E-state index < -0.39 is 0 Å². The summed E-state index contributed by atoms with van der Waals surface area (Å²) in [6, 6.07) is 7.85. The van der Waals surface area contributed by atoms with Gasteiger partial charge in [0.25, 0.3) is 5.91 Å². The lowest BCUT2D eigenvalue weighted by molar-refractivity contribution is 0.0934. The zero-order chi connectivity index (χ0) is 15.4. The third-order valence-corrected chi connectivity index (χ3v) is 3.54. The number of hydrogen-bond donors (Lipinski definition) is 2. The first-order valence-electron chi connectivity index (χ1n) is 7.07. The highest BCUT2D eigenvalue weighted by Gasteiger charge is 2.17. The summed E-state index contributed by atoms with van der Waals surface area (Å²) in [6.45, 7) is 5.82. The standard InChI is InChI=1S/C16H21N3O2/c1-11-6-4-5-7-15(11)19-13(3)14(10-17-19)16(21)18-12(2)8-9-20/h4-7,10,12,20H,8-9H2,1-3H3,(H,18,21). The molecule has 0 aliphatic carbocycles. The fraction of sp³-hybridized carbons (Fsp3) is 0.375. The summed E-state index contributed by atoms with van der Waals surface area (Å²) in [6.07, 6.45) is 2.12. The molecule has 1 aromatic carbocycles. The van der Waals surface area contributed by atoms with Crippen LogP contribution in [0.15, 0.2) is 30.5 Å². The maximum atomic E-state index is 12.2. The Kier molecular flexibility index (Phi) is 4.75. The monoisotopic (exact) mass is 287 g/mol. The average molecular weight is 287 g/mol. The molecule has 0 bridgehead atoms. The highest BCUT2D eigenvalue weighted by atomic mass is 16.3. The van der Waals surface area contributed by atoms with Crippen molar-refractivity contribution in [2.45, 2.75) is 33.2 Å². The normalized spacial score (nSPS) is 12.2. The number of amides is 1. The summed E-state index contributed by atoms with van der Waals surface area (Å²) in [5, 5.41) is 16.1. The number of para-hydroxylation sites is 1. The molecule has 1 atom stereocenters. The number of rotatable bonds is 5. The Hall–Kier alpha value is -2.14. The largest absolute Gasteiger partial charge is 0.396 e. The Balaban J connectivity index is 2.25. The molecular weight excluding hydrogens is 266 g/mol. The number of aliphatic hydroxyl groups is 1. The minimum Gasteiger partial charge on any atom is -0.396 e. The van der Waals surface area contributed by atoms with Gasteiger partial charge < -0.3 is 10.4 Å². The van der Waals surface area contributed by atoms with Gasteiger partial charge >= 0.3 is 0 Å². The molecule has 2 rings (SSSR count). The second-order valence-electron chi connectivity index (χ2n) is 5.23. The first kappa shape index (κ1) is 15.3. The number of nitrogens with one attached hydrogen (secondary N) is 1. The van der Waals surface area contributed by atoms with Crippen LogP contribution in [0.3, 0.4) is 0 Å². The third-order valence-electron chi connectivity index (χ3n) is 3.54. The molecule has 21 heavy (non-hydrogen) atoms. The molecule has 112 valence electrons. The maximum Gasteiger partial charge on any atom is 0.254 e. The molecule has 1 amide bonds. The van der Waals surface area contributed by atoms with Gasteiger partial charge in [0.1, 0.15) is 0 Å². The summed E-state index contributed by atoms with van der Waals surface area (Å²) < 4.78 is 1.78. The van der Waals surface area contributed by atoms with E-state index >= 15 is 0 Å². The van der Waals surface area contributed by atoms with E-state index in [-0.39, 0.29) is 18.6 Å². The van der Waals surface area contributed by atoms with Crippen molar-refractivity contribution in [3.63, 3.8) is 0 Å². The zero-order valence-electron chi connectivity index (χ0n) is 12.6. The molecule has 0 saturated carbocycles. The lowest BCUT2D eigenvalue weighted by Gasteiger charge is -2.12. The molecule has 2 N–H and O–H groups in total. The van der Waals surface area contributed by atoms with E-state index in [4.69, 9.17) is 5.11 Å². The summed E-state index contributed by atoms with van der Waals surface area (Å²) in [4.78, 5) is 12.2. The number of carbonyl (C=O) groups excluding carboxylic acids is 1. The van der Waals surface area contributed by atoms with Crippen LogP contribution in [0.2, 0.25) is 0 Å². The van der Waals surface area contributed by atoms with Crippen molar-refractivity contribution in [2.24, 2.45) is 0 Å². The second kappa shape index (κ2) is 6.54. The topological polar surface area (TPSA) is 67.2 Å². The summed E-state index contributed by atoms with van der Waals surface area (Å²) in [5.41, 5.74) is 3.43. The van der Waals surface area contributed by atoms with Crippen LogP contribution < -0.4 is 5.32 Å². The lowest BCUT2D eigenvalue weighted by atomic mass is 10.2. The molecule has 1 aromatic heterocycles. The predicted octanol–water partition coefficient (Wildman–Crippen LogP) is 1.99. The van der Waals surface area contributed by atoms with Gasteiger partial charge in [0.2, 0.25) is 0 Å². The van der Waals surface area contributed by atoms with Crippen LogP contribution in [-0.4, -0.2) is 33.4 Å². The van der Waals surface area contributed by atoms with Gasteiger partial charge in [-0.3, -0.25) is 4.79 Å². The van der Waals surface area contributed by atoms with Gasteiger partial charge in [0, 0.05) is 12.6 Å². The highest BCUT2D eigenvalue weighted by Crippen LogP contribution is 2.17. The molecule has 0 saturated heterocycles. The van der Waals surface area contributed by atoms with Crippen molar-refractivity contribution in [2.75, 3.05) is 6.61 Å². The molecular formula is C16H21N3O2. The van der Waals surface area contributed by atoms with Crippen molar-refractivity contribution >= 4 is 5.91 Å². The molecule has 2 aromatic rings. The van der Waals surface area contributed by atoms with E-state index in [1.54, 1.807) is 10.9 Å². The minimum atomic E-state index is -0.159. The van der Waals surface area contributed by atoms with E-state index in [9.17, 15) is 4.79 Å². The van der Waals surface area contributed by atoms with Gasteiger partial charge in [-0.05, 0) is 38.8 Å². The van der Waals surface area contributed by atoms with Crippen molar-refractivity contribution in [1.29, 1.82) is 0 Å². The molecule has 5 nitrogen and oxygen atoms in total. The van der Waals surface area contributed by atoms with Gasteiger partial charge in [0.05, 0.1) is 23.1 Å². The number of aromatic nitrogens is 2. The van der Waals surface area contributed by atoms with Gasteiger partial charge in [-0.15, -0.1) is 0 Å². The number of aryl methyl sites for hydroxylation is 1. The minimum absolute atomic E-state index is 0.0584. The van der Waals surface area contributed by atoms with Gasteiger partial charge in [-0.2, -0.15) is 5.10 Å². The molecule has 0 fully saturated rings. The number of nitrogens with zero attached hydrogens (tertiary/aromatic N) is 2. The lowest BCUT2D eigenvalue weighted by Crippen LogP contribution is -2.33. The molecule has 0 aliphatic rings. The van der Waals surface area contributed by atoms with Crippen LogP contribution in [-0.2, 0) is 0 Å². The summed E-state index contributed by atoms with van der Waals surface area (Å²) in [5.74, 6) is -0.159. The molecule has 1 unspecified atom stereocenters. The summed E-state index contributed by atoms with van der Waals surface area (Å²) >= 11 is 0. The molecule has 0 spiro atoms. The van der Waals surface area contributed by atoms with E-state index in [0.29, 0.717) is 12.0 Å². The van der Waals surface area contributed by atoms with Crippen molar-refractivity contribution in [1.82, 2.24) is 15.1 Å². The number of benzene rings is 1. The Morgan fingerprint density at radius 3 is 2.76 bits per heavy atom. The number of aliphatic hydroxyl groups excluding tert-OH is 1. The van der Waals surface area contributed by atoms with Crippen LogP contribution in [0.5, 0.6) is 0 Å². The summed E-state index contributed by atoms with van der Waals surface area (Å²) in [7, 11) is 0. The Bertz CT molecular complexity index is 634. The molecule has 5 heteroatoms. The predicted molar refractivity (Wildman–Crippen MR) is 81.7 cm³/mol. The Labute approximate surface area is 124 Å². The van der Waals surface area contributed by atoms with Crippen molar-refractivity contribution in [3.05, 3.63) is 47.3 Å². The van der Waals surface area contributed by atoms with E-state index in [0.717, 1.165) is 16.9 Å². The molecule has 0 aliphatic heterocycles. The fourth-order valence-corrected chi connectivity index (χ4v) is 2.24. The quantitative estimate of drug-likeness (QED) is 0.883. The van der Waals surface area contributed by atoms with E-state index in [2.05, 4.69) is 10.4 Å². The van der Waals surface area contributed by atoms with Crippen LogP contribution >= 0.6 is 0 Å². The number of carbonyl (C=O) groups is 1. The Morgan fingerprint density at radius 1 is 1.38 bits per heavy atom. The van der Waals surface area contributed by atoms with Gasteiger partial charge in [-0.25, -0.2) is 4.68 Å². The van der Waals surface area contributed by atoms with Crippen LogP contribution in [0.4, 0.5) is 0 Å². The van der Waals surface area contributed by atoms with E-state index in [1.165, 1.54) is 0 Å². The zero-order valence-corrected chi connectivity index (χ0v) is 12.6. The SMILES string of the molecule is Cc1ccccc1-n1ncc(C(=O)NC(C)CCO)c1C. The van der Waals surface area contributed by atoms with Crippen molar-refractivity contribution < 1.29 is 9.90 Å². The van der Waals surface area contributed by atoms with Gasteiger partial charge in [0.15, 0.2) is 0 Å².